The van der Waals surface area contributed by atoms with Crippen LogP contribution in [-0.2, 0) is 14.9 Å². The van der Waals surface area contributed by atoms with Crippen molar-refractivity contribution in [1.82, 2.24) is 0 Å². The molecule has 1 aliphatic carbocycles. The Morgan fingerprint density at radius 1 is 0.705 bits per heavy atom. The Bertz CT molecular complexity index is 2540. The van der Waals surface area contributed by atoms with E-state index in [2.05, 4.69) is 102 Å². The van der Waals surface area contributed by atoms with Gasteiger partial charge in [-0.1, -0.05) is 134 Å². The Kier molecular flexibility index (Phi) is 12.9. The van der Waals surface area contributed by atoms with Gasteiger partial charge in [0.25, 0.3) is 10.1 Å². The standard InChI is InChI=1S/C53H60O6S2/c1-52(2,3)35-47(53(4,5)6)38-26-29-40(30-27-38)58-36-50(54)59-48-25-17-24-44-43(48)31-32-45(51(44)61(55,56)57)46-34-39(37-18-11-8-12-19-37)28-33-49(46)60(7,41-20-13-9-14-21-41)42-22-15-10-16-23-42/h9-10,13-17,20-34,37,47H,8,11-12,18-19,35-36H2,1-7H3,(H,55,56,57). The minimum absolute atomic E-state index is 0.0706. The third kappa shape index (κ3) is 9.93. The van der Waals surface area contributed by atoms with Crippen LogP contribution in [-0.4, -0.2) is 31.8 Å². The molecule has 0 saturated heterocycles. The van der Waals surface area contributed by atoms with Crippen LogP contribution in [0.15, 0.2) is 153 Å². The first-order valence-electron chi connectivity index (χ1n) is 21.4. The smallest absolute Gasteiger partial charge is 0.349 e. The second-order valence-electron chi connectivity index (χ2n) is 18.9. The van der Waals surface area contributed by atoms with E-state index in [0.29, 0.717) is 28.5 Å². The van der Waals surface area contributed by atoms with Gasteiger partial charge < -0.3 is 9.47 Å². The van der Waals surface area contributed by atoms with Gasteiger partial charge in [0, 0.05) is 21.2 Å². The van der Waals surface area contributed by atoms with Crippen molar-refractivity contribution in [3.8, 4) is 22.6 Å². The summed E-state index contributed by atoms with van der Waals surface area (Å²) in [7, 11) is -6.77. The Hall–Kier alpha value is -4.89. The average molecular weight is 857 g/mol. The molecule has 6 aromatic carbocycles. The van der Waals surface area contributed by atoms with Crippen molar-refractivity contribution < 1.29 is 27.2 Å². The molecule has 6 nitrogen and oxygen atoms in total. The van der Waals surface area contributed by atoms with Gasteiger partial charge in [0.05, 0.1) is 0 Å². The number of carbonyl (C=O) groups is 1. The second kappa shape index (κ2) is 17.8. The highest BCUT2D eigenvalue weighted by atomic mass is 32.3. The van der Waals surface area contributed by atoms with Gasteiger partial charge in [-0.25, -0.2) is 4.79 Å². The monoisotopic (exact) mass is 856 g/mol. The van der Waals surface area contributed by atoms with Gasteiger partial charge in [0.1, 0.15) is 16.4 Å². The molecule has 0 spiro atoms. The first-order chi connectivity index (χ1) is 28.9. The first kappa shape index (κ1) is 44.2. The van der Waals surface area contributed by atoms with Gasteiger partial charge in [0.15, 0.2) is 6.61 Å². The van der Waals surface area contributed by atoms with E-state index in [1.807, 2.05) is 48.5 Å². The fraction of sp³-hybridized carbons (Fsp3) is 0.340. The predicted molar refractivity (Wildman–Crippen MR) is 250 cm³/mol. The van der Waals surface area contributed by atoms with Crippen LogP contribution in [0.25, 0.3) is 21.9 Å². The zero-order valence-corrected chi connectivity index (χ0v) is 38.2. The summed E-state index contributed by atoms with van der Waals surface area (Å²) in [6.45, 7) is 13.2. The molecule has 7 rings (SSSR count). The van der Waals surface area contributed by atoms with Crippen molar-refractivity contribution in [2.75, 3.05) is 12.9 Å². The molecule has 320 valence electrons. The number of carbonyl (C=O) groups excluding carboxylic acids is 1. The number of benzene rings is 6. The largest absolute Gasteiger partial charge is 0.482 e. The fourth-order valence-corrected chi connectivity index (χ4v) is 13.1. The summed E-state index contributed by atoms with van der Waals surface area (Å²) in [5.41, 5.74) is 3.79. The molecular weight excluding hydrogens is 797 g/mol. The van der Waals surface area contributed by atoms with Crippen LogP contribution in [0.2, 0.25) is 0 Å². The summed E-state index contributed by atoms with van der Waals surface area (Å²) in [6, 6.07) is 43.7. The first-order valence-corrected chi connectivity index (χ1v) is 24.9. The van der Waals surface area contributed by atoms with E-state index in [1.54, 1.807) is 30.3 Å². The van der Waals surface area contributed by atoms with Crippen LogP contribution < -0.4 is 9.47 Å². The molecule has 0 aromatic heterocycles. The van der Waals surface area contributed by atoms with E-state index < -0.39 is 26.1 Å². The lowest BCUT2D eigenvalue weighted by Crippen LogP contribution is -2.23. The molecule has 0 amide bonds. The summed E-state index contributed by atoms with van der Waals surface area (Å²) >= 11 is 0. The van der Waals surface area contributed by atoms with Gasteiger partial charge >= 0.3 is 5.97 Å². The molecule has 1 unspecified atom stereocenters. The summed E-state index contributed by atoms with van der Waals surface area (Å²) in [6.07, 6.45) is 8.95. The number of ether oxygens (including phenoxy) is 2. The fourth-order valence-electron chi connectivity index (χ4n) is 9.09. The van der Waals surface area contributed by atoms with Crippen LogP contribution in [0.4, 0.5) is 0 Å². The van der Waals surface area contributed by atoms with E-state index in [0.717, 1.165) is 52.4 Å². The summed E-state index contributed by atoms with van der Waals surface area (Å²) in [4.78, 5) is 16.4. The summed E-state index contributed by atoms with van der Waals surface area (Å²) in [5.74, 6) is 0.782. The molecule has 61 heavy (non-hydrogen) atoms. The van der Waals surface area contributed by atoms with E-state index in [1.165, 1.54) is 17.5 Å². The lowest BCUT2D eigenvalue weighted by molar-refractivity contribution is -0.136. The summed E-state index contributed by atoms with van der Waals surface area (Å²) < 4.78 is 50.4. The predicted octanol–water partition coefficient (Wildman–Crippen LogP) is 14.3. The lowest BCUT2D eigenvalue weighted by Gasteiger charge is -2.39. The van der Waals surface area contributed by atoms with Crippen LogP contribution in [0.1, 0.15) is 103 Å². The highest BCUT2D eigenvalue weighted by Gasteiger charge is 2.33. The Balaban J connectivity index is 1.26. The number of hydrogen-bond acceptors (Lipinski definition) is 5. The molecule has 8 heteroatoms. The average Bonchev–Trinajstić information content (AvgIpc) is 3.24. The van der Waals surface area contributed by atoms with Gasteiger partial charge in [-0.2, -0.15) is 18.4 Å². The van der Waals surface area contributed by atoms with Crippen molar-refractivity contribution in [1.29, 1.82) is 0 Å². The normalized spacial score (nSPS) is 15.0. The number of fused-ring (bicyclic) bond motifs is 1. The third-order valence-electron chi connectivity index (χ3n) is 12.2. The van der Waals surface area contributed by atoms with Crippen molar-refractivity contribution in [3.63, 3.8) is 0 Å². The molecule has 0 heterocycles. The maximum absolute atomic E-state index is 13.7. The topological polar surface area (TPSA) is 89.9 Å². The molecule has 1 aliphatic rings. The number of rotatable bonds is 12. The van der Waals surface area contributed by atoms with Gasteiger partial charge in [-0.05, 0) is 135 Å². The molecule has 0 bridgehead atoms. The number of hydrogen-bond donors (Lipinski definition) is 1. The Morgan fingerprint density at radius 2 is 1.33 bits per heavy atom. The minimum atomic E-state index is -4.81. The SMILES string of the molecule is CC(C)(C)CC(c1ccc(OCC(=O)Oc2cccc3c(S(=O)(=O)O)c(-c4cc(C5CCCCC5)ccc4S(C)(c4ccccc4)c4ccccc4)ccc23)cc1)C(C)(C)C. The molecule has 6 aromatic rings. The Morgan fingerprint density at radius 3 is 1.90 bits per heavy atom. The Labute approximate surface area is 364 Å². The summed E-state index contributed by atoms with van der Waals surface area (Å²) in [5, 5.41) is 0.644. The van der Waals surface area contributed by atoms with Crippen molar-refractivity contribution in [3.05, 3.63) is 145 Å². The molecule has 1 N–H and O–H groups in total. The minimum Gasteiger partial charge on any atom is -0.482 e. The molecule has 1 atom stereocenters. The molecular formula is C53H60O6S2. The maximum Gasteiger partial charge on any atom is 0.349 e. The molecule has 1 saturated carbocycles. The quantitative estimate of drug-likeness (QED) is 0.0749. The van der Waals surface area contributed by atoms with Crippen LogP contribution in [0.5, 0.6) is 11.5 Å². The van der Waals surface area contributed by atoms with Gasteiger partial charge in [0.2, 0.25) is 0 Å². The maximum atomic E-state index is 13.7. The zero-order chi connectivity index (χ0) is 43.6. The van der Waals surface area contributed by atoms with E-state index in [4.69, 9.17) is 9.47 Å². The zero-order valence-electron chi connectivity index (χ0n) is 36.6. The molecule has 1 fully saturated rings. The van der Waals surface area contributed by atoms with Crippen molar-refractivity contribution in [2.24, 2.45) is 10.8 Å². The highest BCUT2D eigenvalue weighted by Crippen LogP contribution is 2.68. The van der Waals surface area contributed by atoms with E-state index >= 15 is 0 Å². The van der Waals surface area contributed by atoms with Crippen molar-refractivity contribution in [2.45, 2.75) is 111 Å². The van der Waals surface area contributed by atoms with Crippen LogP contribution in [0, 0.1) is 10.8 Å². The second-order valence-corrected chi connectivity index (χ2v) is 23.5. The molecule has 0 radical (unpaired) electrons. The van der Waals surface area contributed by atoms with E-state index in [9.17, 15) is 17.8 Å². The van der Waals surface area contributed by atoms with Gasteiger partial charge in [-0.3, -0.25) is 4.55 Å². The molecule has 0 aliphatic heterocycles. The van der Waals surface area contributed by atoms with Crippen molar-refractivity contribution >= 4 is 36.9 Å². The lowest BCUT2D eigenvalue weighted by atomic mass is 9.69. The number of esters is 1. The van der Waals surface area contributed by atoms with Gasteiger partial charge in [-0.15, -0.1) is 0 Å². The third-order valence-corrected chi connectivity index (χ3v) is 16.8. The van der Waals surface area contributed by atoms with E-state index in [-0.39, 0.29) is 33.5 Å². The van der Waals surface area contributed by atoms with Crippen LogP contribution >= 0.6 is 10.0 Å². The highest BCUT2D eigenvalue weighted by molar-refractivity contribution is 8.33. The van der Waals surface area contributed by atoms with Crippen LogP contribution in [0.3, 0.4) is 0 Å².